The number of hydrogen-bond donors (Lipinski definition) is 0. The van der Waals surface area contributed by atoms with Gasteiger partial charge in [0, 0.05) is 32.8 Å². The molecule has 2 aliphatic heterocycles. The summed E-state index contributed by atoms with van der Waals surface area (Å²) in [6, 6.07) is 0. The Balaban J connectivity index is 2.02. The molecule has 110 valence electrons. The minimum Gasteiger partial charge on any atom is -0.381 e. The highest BCUT2D eigenvalue weighted by Crippen LogP contribution is 2.38. The number of ether oxygens (including phenoxy) is 3. The zero-order chi connectivity index (χ0) is 13.9. The summed E-state index contributed by atoms with van der Waals surface area (Å²) < 4.78 is 16.8. The maximum absolute atomic E-state index is 12.6. The first-order valence-electron chi connectivity index (χ1n) is 7.36. The van der Waals surface area contributed by atoms with Crippen molar-refractivity contribution in [2.45, 2.75) is 51.2 Å². The van der Waals surface area contributed by atoms with Gasteiger partial charge in [0.25, 0.3) is 0 Å². The van der Waals surface area contributed by atoms with Crippen LogP contribution in [0, 0.1) is 11.8 Å². The molecule has 0 saturated carbocycles. The molecule has 0 bridgehead atoms. The SMILES string of the molecule is COC(C(=O)C1CCOC2(CCOCC2)C1)C(C)C. The van der Waals surface area contributed by atoms with E-state index in [1.54, 1.807) is 7.11 Å². The average Bonchev–Trinajstić information content (AvgIpc) is 2.40. The van der Waals surface area contributed by atoms with Crippen molar-refractivity contribution in [3.8, 4) is 0 Å². The van der Waals surface area contributed by atoms with Crippen LogP contribution in [0.3, 0.4) is 0 Å². The van der Waals surface area contributed by atoms with Crippen molar-refractivity contribution < 1.29 is 19.0 Å². The first-order chi connectivity index (χ1) is 9.08. The molecule has 0 amide bonds. The van der Waals surface area contributed by atoms with Gasteiger partial charge in [-0.15, -0.1) is 0 Å². The zero-order valence-electron chi connectivity index (χ0n) is 12.3. The first kappa shape index (κ1) is 14.9. The van der Waals surface area contributed by atoms with Crippen molar-refractivity contribution in [1.82, 2.24) is 0 Å². The van der Waals surface area contributed by atoms with Gasteiger partial charge in [-0.05, 0) is 31.6 Å². The van der Waals surface area contributed by atoms with Gasteiger partial charge < -0.3 is 14.2 Å². The summed E-state index contributed by atoms with van der Waals surface area (Å²) in [4.78, 5) is 12.6. The Hall–Kier alpha value is -0.450. The summed E-state index contributed by atoms with van der Waals surface area (Å²) in [5, 5.41) is 0. The van der Waals surface area contributed by atoms with Gasteiger partial charge in [0.2, 0.25) is 0 Å². The highest BCUT2D eigenvalue weighted by Gasteiger charge is 2.42. The van der Waals surface area contributed by atoms with Crippen molar-refractivity contribution in [1.29, 1.82) is 0 Å². The standard InChI is InChI=1S/C15H26O4/c1-11(2)14(17-3)13(16)12-4-7-19-15(10-12)5-8-18-9-6-15/h11-12,14H,4-10H2,1-3H3. The van der Waals surface area contributed by atoms with E-state index >= 15 is 0 Å². The third-order valence-corrected chi connectivity index (χ3v) is 4.44. The van der Waals surface area contributed by atoms with Crippen LogP contribution in [-0.2, 0) is 19.0 Å². The lowest BCUT2D eigenvalue weighted by molar-refractivity contribution is -0.163. The summed E-state index contributed by atoms with van der Waals surface area (Å²) in [5.74, 6) is 0.567. The third kappa shape index (κ3) is 3.36. The van der Waals surface area contributed by atoms with Gasteiger partial charge in [0.05, 0.1) is 5.60 Å². The summed E-state index contributed by atoms with van der Waals surface area (Å²) in [6.45, 7) is 6.26. The van der Waals surface area contributed by atoms with Gasteiger partial charge in [-0.25, -0.2) is 0 Å². The largest absolute Gasteiger partial charge is 0.381 e. The Morgan fingerprint density at radius 1 is 1.26 bits per heavy atom. The molecule has 19 heavy (non-hydrogen) atoms. The molecule has 0 N–H and O–H groups in total. The Bertz CT molecular complexity index is 302. The molecule has 0 aromatic carbocycles. The molecule has 4 heteroatoms. The first-order valence-corrected chi connectivity index (χ1v) is 7.36. The van der Waals surface area contributed by atoms with Crippen LogP contribution in [0.5, 0.6) is 0 Å². The fourth-order valence-electron chi connectivity index (χ4n) is 3.31. The second-order valence-electron chi connectivity index (χ2n) is 6.14. The number of hydrogen-bond acceptors (Lipinski definition) is 4. The van der Waals surface area contributed by atoms with Gasteiger partial charge in [-0.3, -0.25) is 4.79 Å². The number of rotatable bonds is 4. The zero-order valence-corrected chi connectivity index (χ0v) is 12.3. The summed E-state index contributed by atoms with van der Waals surface area (Å²) >= 11 is 0. The normalized spacial score (nSPS) is 28.5. The molecule has 2 atom stereocenters. The molecule has 4 nitrogen and oxygen atoms in total. The van der Waals surface area contributed by atoms with E-state index in [4.69, 9.17) is 14.2 Å². The van der Waals surface area contributed by atoms with Crippen molar-refractivity contribution in [3.05, 3.63) is 0 Å². The monoisotopic (exact) mass is 270 g/mol. The van der Waals surface area contributed by atoms with Crippen LogP contribution in [0.4, 0.5) is 0 Å². The molecule has 0 aliphatic carbocycles. The Labute approximate surface area is 115 Å². The van der Waals surface area contributed by atoms with Crippen LogP contribution in [-0.4, -0.2) is 44.4 Å². The molecule has 2 aliphatic rings. The van der Waals surface area contributed by atoms with Crippen LogP contribution < -0.4 is 0 Å². The number of Topliss-reactive ketones (excluding diaryl/α,β-unsaturated/α-hetero) is 1. The van der Waals surface area contributed by atoms with Crippen molar-refractivity contribution in [2.75, 3.05) is 26.9 Å². The Kier molecular flexibility index (Phi) is 4.98. The van der Waals surface area contributed by atoms with E-state index in [1.807, 2.05) is 13.8 Å². The quantitative estimate of drug-likeness (QED) is 0.785. The van der Waals surface area contributed by atoms with E-state index < -0.39 is 0 Å². The van der Waals surface area contributed by atoms with E-state index in [2.05, 4.69) is 0 Å². The molecule has 2 fully saturated rings. The second-order valence-corrected chi connectivity index (χ2v) is 6.14. The van der Waals surface area contributed by atoms with Crippen LogP contribution in [0.15, 0.2) is 0 Å². The fourth-order valence-corrected chi connectivity index (χ4v) is 3.31. The lowest BCUT2D eigenvalue weighted by atomic mass is 9.77. The van der Waals surface area contributed by atoms with Crippen molar-refractivity contribution >= 4 is 5.78 Å². The lowest BCUT2D eigenvalue weighted by Gasteiger charge is -2.43. The van der Waals surface area contributed by atoms with E-state index in [1.165, 1.54) is 0 Å². The van der Waals surface area contributed by atoms with Gasteiger partial charge in [-0.2, -0.15) is 0 Å². The fraction of sp³-hybridized carbons (Fsp3) is 0.933. The van der Waals surface area contributed by atoms with Crippen molar-refractivity contribution in [2.24, 2.45) is 11.8 Å². The Morgan fingerprint density at radius 2 is 1.95 bits per heavy atom. The van der Waals surface area contributed by atoms with Gasteiger partial charge in [0.15, 0.2) is 5.78 Å². The smallest absolute Gasteiger partial charge is 0.165 e. The van der Waals surface area contributed by atoms with Gasteiger partial charge >= 0.3 is 0 Å². The number of ketones is 1. The average molecular weight is 270 g/mol. The van der Waals surface area contributed by atoms with Gasteiger partial charge in [-0.1, -0.05) is 13.8 Å². The van der Waals surface area contributed by atoms with E-state index in [0.717, 1.165) is 38.9 Å². The number of methoxy groups -OCH3 is 1. The van der Waals surface area contributed by atoms with Crippen LogP contribution in [0.1, 0.15) is 39.5 Å². The highest BCUT2D eigenvalue weighted by molar-refractivity contribution is 5.85. The van der Waals surface area contributed by atoms with Crippen LogP contribution in [0.25, 0.3) is 0 Å². The van der Waals surface area contributed by atoms with E-state index in [0.29, 0.717) is 6.61 Å². The van der Waals surface area contributed by atoms with E-state index in [9.17, 15) is 4.79 Å². The summed E-state index contributed by atoms with van der Waals surface area (Å²) in [5.41, 5.74) is -0.119. The minimum absolute atomic E-state index is 0.0826. The number of carbonyl (C=O) groups is 1. The lowest BCUT2D eigenvalue weighted by Crippen LogP contribution is -2.48. The topological polar surface area (TPSA) is 44.8 Å². The van der Waals surface area contributed by atoms with E-state index in [-0.39, 0.29) is 29.3 Å². The Morgan fingerprint density at radius 3 is 2.53 bits per heavy atom. The van der Waals surface area contributed by atoms with Crippen molar-refractivity contribution in [3.63, 3.8) is 0 Å². The highest BCUT2D eigenvalue weighted by atomic mass is 16.5. The second kappa shape index (κ2) is 6.33. The minimum atomic E-state index is -0.278. The van der Waals surface area contributed by atoms with Crippen LogP contribution in [0.2, 0.25) is 0 Å². The molecule has 2 unspecified atom stereocenters. The third-order valence-electron chi connectivity index (χ3n) is 4.44. The molecule has 0 aromatic heterocycles. The molecule has 0 radical (unpaired) electrons. The predicted molar refractivity (Wildman–Crippen MR) is 72.1 cm³/mol. The molecule has 0 aromatic rings. The molecular formula is C15H26O4. The molecule has 1 spiro atoms. The molecule has 2 rings (SSSR count). The molecule has 2 saturated heterocycles. The van der Waals surface area contributed by atoms with Gasteiger partial charge in [0.1, 0.15) is 6.10 Å². The van der Waals surface area contributed by atoms with Crippen LogP contribution >= 0.6 is 0 Å². The summed E-state index contributed by atoms with van der Waals surface area (Å²) in [6.07, 6.45) is 3.21. The summed E-state index contributed by atoms with van der Waals surface area (Å²) in [7, 11) is 1.63. The molecular weight excluding hydrogens is 244 g/mol. The number of carbonyl (C=O) groups excluding carboxylic acids is 1. The molecule has 2 heterocycles. The maximum Gasteiger partial charge on any atom is 0.165 e. The maximum atomic E-state index is 12.6. The predicted octanol–water partition coefficient (Wildman–Crippen LogP) is 2.20.